The van der Waals surface area contributed by atoms with E-state index < -0.39 is 11.9 Å². The van der Waals surface area contributed by atoms with Gasteiger partial charge in [-0.05, 0) is 24.5 Å². The van der Waals surface area contributed by atoms with Crippen LogP contribution in [0.15, 0.2) is 12.1 Å². The monoisotopic (exact) mass is 287 g/mol. The van der Waals surface area contributed by atoms with Gasteiger partial charge < -0.3 is 4.74 Å². The summed E-state index contributed by atoms with van der Waals surface area (Å²) in [5.74, 6) is 0.472. The molecule has 0 saturated heterocycles. The highest BCUT2D eigenvalue weighted by atomic mass is 19.4. The minimum Gasteiger partial charge on any atom is -0.468 e. The molecule has 2 aromatic heterocycles. The Balaban J connectivity index is 2.46. The van der Waals surface area contributed by atoms with Gasteiger partial charge in [-0.2, -0.15) is 18.2 Å². The van der Waals surface area contributed by atoms with Crippen molar-refractivity contribution in [3.05, 3.63) is 17.8 Å². The van der Waals surface area contributed by atoms with Crippen LogP contribution in [0, 0.1) is 5.92 Å². The van der Waals surface area contributed by atoms with Crippen molar-refractivity contribution in [1.29, 1.82) is 0 Å². The first-order chi connectivity index (χ1) is 9.32. The maximum Gasteiger partial charge on any atom is 0.433 e. The molecule has 0 bridgehead atoms. The molecule has 0 aromatic carbocycles. The molecule has 0 atom stereocenters. The van der Waals surface area contributed by atoms with Gasteiger partial charge in [0.05, 0.1) is 12.6 Å². The number of aromatic nitrogens is 3. The van der Waals surface area contributed by atoms with Gasteiger partial charge in [-0.25, -0.2) is 4.98 Å². The van der Waals surface area contributed by atoms with E-state index in [-0.39, 0.29) is 11.7 Å². The lowest BCUT2D eigenvalue weighted by Gasteiger charge is -2.09. The van der Waals surface area contributed by atoms with E-state index in [4.69, 9.17) is 4.74 Å². The standard InChI is InChI=1S/C13H16F3N3O/c1-8(2)6-7-19-9-4-5-10(13(14,15)16)17-11(9)18-12(19)20-3/h4-5,8H,6-7H2,1-3H3. The van der Waals surface area contributed by atoms with Crippen molar-refractivity contribution in [2.24, 2.45) is 5.92 Å². The topological polar surface area (TPSA) is 39.9 Å². The van der Waals surface area contributed by atoms with E-state index in [0.717, 1.165) is 12.5 Å². The van der Waals surface area contributed by atoms with E-state index in [1.807, 2.05) is 0 Å². The highest BCUT2D eigenvalue weighted by Crippen LogP contribution is 2.30. The van der Waals surface area contributed by atoms with E-state index in [1.54, 1.807) is 4.57 Å². The first kappa shape index (κ1) is 14.6. The molecule has 0 amide bonds. The average molecular weight is 287 g/mol. The summed E-state index contributed by atoms with van der Waals surface area (Å²) in [5.41, 5.74) is -0.336. The summed E-state index contributed by atoms with van der Waals surface area (Å²) in [6.45, 7) is 4.78. The Morgan fingerprint density at radius 1 is 1.25 bits per heavy atom. The molecule has 4 nitrogen and oxygen atoms in total. The molecule has 0 spiro atoms. The van der Waals surface area contributed by atoms with Crippen LogP contribution in [0.2, 0.25) is 0 Å². The van der Waals surface area contributed by atoms with Crippen LogP contribution in [0.3, 0.4) is 0 Å². The summed E-state index contributed by atoms with van der Waals surface area (Å²) in [6.07, 6.45) is -3.59. The molecule has 7 heteroatoms. The number of halogens is 3. The lowest BCUT2D eigenvalue weighted by atomic mass is 10.1. The van der Waals surface area contributed by atoms with Crippen LogP contribution in [-0.4, -0.2) is 21.6 Å². The zero-order chi connectivity index (χ0) is 14.9. The first-order valence-electron chi connectivity index (χ1n) is 6.31. The molecule has 0 fully saturated rings. The summed E-state index contributed by atoms with van der Waals surface area (Å²) in [6, 6.07) is 2.64. The smallest absolute Gasteiger partial charge is 0.433 e. The molecule has 0 unspecified atom stereocenters. The third-order valence-electron chi connectivity index (χ3n) is 2.98. The van der Waals surface area contributed by atoms with Gasteiger partial charge >= 0.3 is 6.18 Å². The summed E-state index contributed by atoms with van der Waals surface area (Å²) >= 11 is 0. The quantitative estimate of drug-likeness (QED) is 0.864. The highest BCUT2D eigenvalue weighted by molar-refractivity contribution is 5.72. The summed E-state index contributed by atoms with van der Waals surface area (Å²) in [7, 11) is 1.44. The van der Waals surface area contributed by atoms with Crippen LogP contribution in [0.25, 0.3) is 11.2 Å². The summed E-state index contributed by atoms with van der Waals surface area (Å²) < 4.78 is 44.8. The Labute approximate surface area is 114 Å². The lowest BCUT2D eigenvalue weighted by molar-refractivity contribution is -0.141. The van der Waals surface area contributed by atoms with Crippen molar-refractivity contribution in [3.63, 3.8) is 0 Å². The fourth-order valence-electron chi connectivity index (χ4n) is 1.91. The molecule has 0 radical (unpaired) electrons. The highest BCUT2D eigenvalue weighted by Gasteiger charge is 2.33. The van der Waals surface area contributed by atoms with Crippen LogP contribution in [-0.2, 0) is 12.7 Å². The van der Waals surface area contributed by atoms with Gasteiger partial charge in [0.2, 0.25) is 0 Å². The van der Waals surface area contributed by atoms with Crippen LogP contribution in [0.4, 0.5) is 13.2 Å². The summed E-state index contributed by atoms with van der Waals surface area (Å²) in [5, 5.41) is 0. The number of alkyl halides is 3. The fraction of sp³-hybridized carbons (Fsp3) is 0.538. The Hall–Kier alpha value is -1.79. The Morgan fingerprint density at radius 2 is 1.95 bits per heavy atom. The lowest BCUT2D eigenvalue weighted by Crippen LogP contribution is -2.08. The zero-order valence-corrected chi connectivity index (χ0v) is 11.5. The molecule has 0 aliphatic heterocycles. The minimum atomic E-state index is -4.47. The third kappa shape index (κ3) is 2.86. The second-order valence-corrected chi connectivity index (χ2v) is 4.97. The maximum absolute atomic E-state index is 12.6. The molecule has 2 aromatic rings. The van der Waals surface area contributed by atoms with Crippen molar-refractivity contribution in [3.8, 4) is 6.01 Å². The SMILES string of the molecule is COc1nc2nc(C(F)(F)F)ccc2n1CCC(C)C. The van der Waals surface area contributed by atoms with Crippen molar-refractivity contribution in [1.82, 2.24) is 14.5 Å². The van der Waals surface area contributed by atoms with Crippen molar-refractivity contribution >= 4 is 11.2 Å². The van der Waals surface area contributed by atoms with Crippen molar-refractivity contribution in [2.75, 3.05) is 7.11 Å². The number of rotatable bonds is 4. The molecule has 0 aliphatic carbocycles. The number of aryl methyl sites for hydroxylation is 1. The Bertz CT molecular complexity index is 605. The van der Waals surface area contributed by atoms with E-state index in [9.17, 15) is 13.2 Å². The van der Waals surface area contributed by atoms with Gasteiger partial charge in [0.15, 0.2) is 5.65 Å². The second-order valence-electron chi connectivity index (χ2n) is 4.97. The van der Waals surface area contributed by atoms with Gasteiger partial charge in [-0.15, -0.1) is 0 Å². The number of hydrogen-bond donors (Lipinski definition) is 0. The van der Waals surface area contributed by atoms with Crippen molar-refractivity contribution < 1.29 is 17.9 Å². The number of pyridine rings is 1. The summed E-state index contributed by atoms with van der Waals surface area (Å²) in [4.78, 5) is 7.58. The third-order valence-corrected chi connectivity index (χ3v) is 2.98. The number of imidazole rings is 1. The first-order valence-corrected chi connectivity index (χ1v) is 6.31. The van der Waals surface area contributed by atoms with Crippen LogP contribution >= 0.6 is 0 Å². The second kappa shape index (κ2) is 5.30. The fourth-order valence-corrected chi connectivity index (χ4v) is 1.91. The number of methoxy groups -OCH3 is 1. The number of hydrogen-bond acceptors (Lipinski definition) is 3. The van der Waals surface area contributed by atoms with Gasteiger partial charge in [0.25, 0.3) is 6.01 Å². The molecular formula is C13H16F3N3O. The Kier molecular flexibility index (Phi) is 3.87. The zero-order valence-electron chi connectivity index (χ0n) is 11.5. The number of fused-ring (bicyclic) bond motifs is 1. The van der Waals surface area contributed by atoms with Crippen LogP contribution < -0.4 is 4.74 Å². The van der Waals surface area contributed by atoms with Crippen LogP contribution in [0.1, 0.15) is 26.0 Å². The molecule has 2 rings (SSSR count). The predicted molar refractivity (Wildman–Crippen MR) is 68.5 cm³/mol. The minimum absolute atomic E-state index is 0.0560. The van der Waals surface area contributed by atoms with Crippen molar-refractivity contribution in [2.45, 2.75) is 33.0 Å². The van der Waals surface area contributed by atoms with Crippen LogP contribution in [0.5, 0.6) is 6.01 Å². The average Bonchev–Trinajstić information content (AvgIpc) is 2.71. The molecule has 2 heterocycles. The van der Waals surface area contributed by atoms with E-state index >= 15 is 0 Å². The molecular weight excluding hydrogens is 271 g/mol. The van der Waals surface area contributed by atoms with Gasteiger partial charge in [0, 0.05) is 6.54 Å². The molecule has 0 aliphatic rings. The van der Waals surface area contributed by atoms with E-state index in [0.29, 0.717) is 18.0 Å². The molecule has 0 saturated carbocycles. The molecule has 0 N–H and O–H groups in total. The number of nitrogens with zero attached hydrogens (tertiary/aromatic N) is 3. The number of ether oxygens (including phenoxy) is 1. The predicted octanol–water partition coefficient (Wildman–Crippen LogP) is 3.50. The van der Waals surface area contributed by atoms with E-state index in [1.165, 1.54) is 13.2 Å². The van der Waals surface area contributed by atoms with E-state index in [2.05, 4.69) is 23.8 Å². The van der Waals surface area contributed by atoms with Gasteiger partial charge in [0.1, 0.15) is 5.69 Å². The Morgan fingerprint density at radius 3 is 2.50 bits per heavy atom. The maximum atomic E-state index is 12.6. The van der Waals surface area contributed by atoms with Gasteiger partial charge in [-0.3, -0.25) is 4.57 Å². The molecule has 20 heavy (non-hydrogen) atoms. The normalized spacial score (nSPS) is 12.3. The largest absolute Gasteiger partial charge is 0.468 e. The van der Waals surface area contributed by atoms with Gasteiger partial charge in [-0.1, -0.05) is 13.8 Å². The molecule has 110 valence electrons.